The van der Waals surface area contributed by atoms with Crippen molar-refractivity contribution < 1.29 is 4.79 Å². The zero-order valence-corrected chi connectivity index (χ0v) is 18.3. The summed E-state index contributed by atoms with van der Waals surface area (Å²) in [6, 6.07) is 6.32. The summed E-state index contributed by atoms with van der Waals surface area (Å²) < 4.78 is 0. The van der Waals surface area contributed by atoms with Crippen molar-refractivity contribution in [3.8, 4) is 0 Å². The van der Waals surface area contributed by atoms with E-state index in [2.05, 4.69) is 62.3 Å². The van der Waals surface area contributed by atoms with Crippen molar-refractivity contribution in [2.24, 2.45) is 29.6 Å². The summed E-state index contributed by atoms with van der Waals surface area (Å²) in [5.74, 6) is 3.78. The molecule has 1 heterocycles. The Hall–Kier alpha value is -2.10. The number of aromatic nitrogens is 2. The second kappa shape index (κ2) is 8.33. The van der Waals surface area contributed by atoms with E-state index in [1.165, 1.54) is 24.0 Å². The van der Waals surface area contributed by atoms with E-state index in [9.17, 15) is 4.79 Å². The Morgan fingerprint density at radius 1 is 1.28 bits per heavy atom. The van der Waals surface area contributed by atoms with Gasteiger partial charge < -0.3 is 10.3 Å². The number of nitrogens with zero attached hydrogens (tertiary/aromatic N) is 1. The largest absolute Gasteiger partial charge is 0.355 e. The predicted octanol–water partition coefficient (Wildman–Crippen LogP) is 5.18. The van der Waals surface area contributed by atoms with E-state index in [0.717, 1.165) is 42.7 Å². The van der Waals surface area contributed by atoms with Crippen LogP contribution < -0.4 is 5.32 Å². The highest BCUT2D eigenvalue weighted by atomic mass is 16.1. The molecular weight excluding hydrogens is 358 g/mol. The summed E-state index contributed by atoms with van der Waals surface area (Å²) in [7, 11) is 0. The van der Waals surface area contributed by atoms with Crippen molar-refractivity contribution in [1.29, 1.82) is 0 Å². The molecule has 1 saturated carbocycles. The topological polar surface area (TPSA) is 57.8 Å². The number of H-pyrrole nitrogens is 1. The van der Waals surface area contributed by atoms with Gasteiger partial charge in [0.15, 0.2) is 0 Å². The van der Waals surface area contributed by atoms with E-state index >= 15 is 0 Å². The molecule has 156 valence electrons. The number of aryl methyl sites for hydroxylation is 1. The van der Waals surface area contributed by atoms with Gasteiger partial charge in [-0.05, 0) is 68.4 Å². The third kappa shape index (κ3) is 4.26. The fourth-order valence-electron chi connectivity index (χ4n) is 5.10. The lowest BCUT2D eigenvalue weighted by atomic mass is 9.69. The van der Waals surface area contributed by atoms with Gasteiger partial charge in [-0.1, -0.05) is 44.1 Å². The van der Waals surface area contributed by atoms with Gasteiger partial charge in [-0.15, -0.1) is 0 Å². The molecule has 0 saturated heterocycles. The number of hydrogen-bond donors (Lipinski definition) is 2. The Kier molecular flexibility index (Phi) is 5.80. The maximum absolute atomic E-state index is 12.3. The number of allylic oxidation sites excluding steroid dienone is 1. The van der Waals surface area contributed by atoms with Gasteiger partial charge in [0.2, 0.25) is 5.91 Å². The molecule has 2 N–H and O–H groups in total. The fourth-order valence-corrected chi connectivity index (χ4v) is 5.10. The molecule has 29 heavy (non-hydrogen) atoms. The quantitative estimate of drug-likeness (QED) is 0.664. The maximum atomic E-state index is 12.3. The highest BCUT2D eigenvalue weighted by molar-refractivity contribution is 5.79. The van der Waals surface area contributed by atoms with Crippen LogP contribution in [-0.2, 0) is 11.2 Å². The number of fused-ring (bicyclic) bond motifs is 1. The number of amides is 1. The molecule has 3 atom stereocenters. The number of nitrogens with one attached hydrogen (secondary N) is 2. The molecule has 1 amide bonds. The Morgan fingerprint density at radius 3 is 2.72 bits per heavy atom. The molecule has 4 heteroatoms. The molecule has 0 spiro atoms. The van der Waals surface area contributed by atoms with Crippen LogP contribution in [0.25, 0.3) is 11.0 Å². The molecule has 1 aromatic carbocycles. The summed E-state index contributed by atoms with van der Waals surface area (Å²) >= 11 is 0. The van der Waals surface area contributed by atoms with Gasteiger partial charge in [-0.3, -0.25) is 4.79 Å². The molecule has 0 radical (unpaired) electrons. The van der Waals surface area contributed by atoms with Gasteiger partial charge in [-0.25, -0.2) is 4.98 Å². The molecule has 4 nitrogen and oxygen atoms in total. The van der Waals surface area contributed by atoms with Gasteiger partial charge in [0.25, 0.3) is 0 Å². The maximum Gasteiger partial charge on any atom is 0.223 e. The molecule has 0 aliphatic heterocycles. The van der Waals surface area contributed by atoms with Crippen molar-refractivity contribution in [2.45, 2.75) is 59.8 Å². The van der Waals surface area contributed by atoms with Crippen LogP contribution in [0.3, 0.4) is 0 Å². The van der Waals surface area contributed by atoms with Gasteiger partial charge in [0, 0.05) is 18.9 Å². The SMILES string of the molecule is CC1=C[C@@H](CNC(=O)C2CCC2)[C@H](C(C)C)C[C@H]1Cc1nc2c(C)cccc2[nH]1. The van der Waals surface area contributed by atoms with Crippen LogP contribution in [-0.4, -0.2) is 22.4 Å². The third-order valence-corrected chi connectivity index (χ3v) is 7.28. The molecule has 1 fully saturated rings. The molecule has 0 unspecified atom stereocenters. The second-order valence-corrected chi connectivity index (χ2v) is 9.65. The van der Waals surface area contributed by atoms with Gasteiger partial charge in [0.1, 0.15) is 5.82 Å². The highest BCUT2D eigenvalue weighted by Crippen LogP contribution is 2.39. The van der Waals surface area contributed by atoms with E-state index in [1.54, 1.807) is 0 Å². The first-order valence-electron chi connectivity index (χ1n) is 11.3. The van der Waals surface area contributed by atoms with E-state index in [4.69, 9.17) is 4.98 Å². The summed E-state index contributed by atoms with van der Waals surface area (Å²) in [5.41, 5.74) is 4.90. The average Bonchev–Trinajstić information content (AvgIpc) is 3.04. The van der Waals surface area contributed by atoms with Crippen LogP contribution >= 0.6 is 0 Å². The van der Waals surface area contributed by atoms with Crippen molar-refractivity contribution >= 4 is 16.9 Å². The van der Waals surface area contributed by atoms with E-state index in [1.807, 2.05) is 0 Å². The van der Waals surface area contributed by atoms with Gasteiger partial charge in [-0.2, -0.15) is 0 Å². The lowest BCUT2D eigenvalue weighted by molar-refractivity contribution is -0.127. The predicted molar refractivity (Wildman–Crippen MR) is 119 cm³/mol. The lowest BCUT2D eigenvalue weighted by Crippen LogP contribution is -2.40. The van der Waals surface area contributed by atoms with Crippen molar-refractivity contribution in [3.05, 3.63) is 41.2 Å². The van der Waals surface area contributed by atoms with Crippen LogP contribution in [0, 0.1) is 36.5 Å². The Balaban J connectivity index is 1.46. The minimum absolute atomic E-state index is 0.268. The minimum atomic E-state index is 0.268. The van der Waals surface area contributed by atoms with Crippen molar-refractivity contribution in [1.82, 2.24) is 15.3 Å². The highest BCUT2D eigenvalue weighted by Gasteiger charge is 2.33. The number of aromatic amines is 1. The van der Waals surface area contributed by atoms with E-state index in [-0.39, 0.29) is 11.8 Å². The molecule has 0 bridgehead atoms. The first-order chi connectivity index (χ1) is 13.9. The molecular formula is C25H35N3O. The normalized spacial score (nSPS) is 25.1. The number of carbonyl (C=O) groups is 1. The summed E-state index contributed by atoms with van der Waals surface area (Å²) in [5, 5.41) is 3.25. The molecule has 2 aromatic rings. The smallest absolute Gasteiger partial charge is 0.223 e. The number of carbonyl (C=O) groups excluding carboxylic acids is 1. The number of rotatable bonds is 6. The number of benzene rings is 1. The summed E-state index contributed by atoms with van der Waals surface area (Å²) in [4.78, 5) is 20.7. The molecule has 1 aromatic heterocycles. The Bertz CT molecular complexity index is 906. The zero-order valence-electron chi connectivity index (χ0n) is 18.3. The monoisotopic (exact) mass is 393 g/mol. The molecule has 2 aliphatic rings. The Morgan fingerprint density at radius 2 is 2.07 bits per heavy atom. The average molecular weight is 394 g/mol. The molecule has 4 rings (SSSR count). The van der Waals surface area contributed by atoms with Crippen LogP contribution in [0.2, 0.25) is 0 Å². The van der Waals surface area contributed by atoms with Crippen LogP contribution in [0.1, 0.15) is 57.8 Å². The number of para-hydroxylation sites is 1. The van der Waals surface area contributed by atoms with Crippen molar-refractivity contribution in [2.75, 3.05) is 6.54 Å². The fraction of sp³-hybridized carbons (Fsp3) is 0.600. The van der Waals surface area contributed by atoms with Crippen molar-refractivity contribution in [3.63, 3.8) is 0 Å². The molecule has 2 aliphatic carbocycles. The lowest BCUT2D eigenvalue weighted by Gasteiger charge is -2.37. The summed E-state index contributed by atoms with van der Waals surface area (Å²) in [6.07, 6.45) is 7.91. The number of imidazole rings is 1. The van der Waals surface area contributed by atoms with Gasteiger partial charge >= 0.3 is 0 Å². The zero-order chi connectivity index (χ0) is 20.5. The minimum Gasteiger partial charge on any atom is -0.355 e. The summed E-state index contributed by atoms with van der Waals surface area (Å²) in [6.45, 7) is 9.81. The van der Waals surface area contributed by atoms with Crippen LogP contribution in [0.5, 0.6) is 0 Å². The Labute approximate surface area is 174 Å². The van der Waals surface area contributed by atoms with Gasteiger partial charge in [0.05, 0.1) is 11.0 Å². The third-order valence-electron chi connectivity index (χ3n) is 7.28. The first kappa shape index (κ1) is 20.2. The second-order valence-electron chi connectivity index (χ2n) is 9.65. The van der Waals surface area contributed by atoms with Crippen LogP contribution in [0.15, 0.2) is 29.8 Å². The first-order valence-corrected chi connectivity index (χ1v) is 11.3. The standard InChI is InChI=1S/C25H35N3O/c1-15(2)21-12-19(13-23-27-22-10-5-7-16(3)24(22)28-23)17(4)11-20(21)14-26-25(29)18-8-6-9-18/h5,7,10-11,15,18-21H,6,8-9,12-14H2,1-4H3,(H,26,29)(H,27,28)/t19-,20-,21-/m0/s1. The van der Waals surface area contributed by atoms with Crippen LogP contribution in [0.4, 0.5) is 0 Å². The number of hydrogen-bond acceptors (Lipinski definition) is 2. The van der Waals surface area contributed by atoms with E-state index in [0.29, 0.717) is 23.7 Å². The van der Waals surface area contributed by atoms with E-state index < -0.39 is 0 Å².